The third-order valence-electron chi connectivity index (χ3n) is 3.89. The highest BCUT2D eigenvalue weighted by molar-refractivity contribution is 5.93. The normalized spacial score (nSPS) is 12.9. The molecule has 25 heavy (non-hydrogen) atoms. The van der Waals surface area contributed by atoms with Crippen molar-refractivity contribution < 1.29 is 19.1 Å². The molecular formula is C19H20N2O4. The van der Waals surface area contributed by atoms with Crippen LogP contribution in [0.4, 0.5) is 5.69 Å². The van der Waals surface area contributed by atoms with E-state index in [4.69, 9.17) is 9.47 Å². The van der Waals surface area contributed by atoms with Crippen molar-refractivity contribution in [1.82, 2.24) is 4.98 Å². The Hall–Kier alpha value is -2.89. The first-order chi connectivity index (χ1) is 12.2. The SMILES string of the molecule is O=C1CCc2cc(OCCCC(=O)OCc3cccnc3)ccc2N1. The standard InChI is InChI=1S/C19H20N2O4/c22-18-8-5-15-11-16(6-7-17(15)21-18)24-10-2-4-19(23)25-13-14-3-1-9-20-12-14/h1,3,6-7,9,11-12H,2,4-5,8,10,13H2,(H,21,22). The van der Waals surface area contributed by atoms with Gasteiger partial charge in [-0.3, -0.25) is 14.6 Å². The zero-order chi connectivity index (χ0) is 17.5. The molecule has 1 aliphatic rings. The first-order valence-corrected chi connectivity index (χ1v) is 8.31. The molecule has 0 unspecified atom stereocenters. The van der Waals surface area contributed by atoms with Crippen molar-refractivity contribution in [2.45, 2.75) is 32.3 Å². The van der Waals surface area contributed by atoms with Crippen LogP contribution < -0.4 is 10.1 Å². The van der Waals surface area contributed by atoms with Crippen LogP contribution in [0, 0.1) is 0 Å². The number of anilines is 1. The first kappa shape index (κ1) is 17.0. The van der Waals surface area contributed by atoms with Gasteiger partial charge in [-0.15, -0.1) is 0 Å². The second-order valence-corrected chi connectivity index (χ2v) is 5.84. The van der Waals surface area contributed by atoms with Crippen LogP contribution in [0.3, 0.4) is 0 Å². The van der Waals surface area contributed by atoms with Gasteiger partial charge in [0, 0.05) is 36.5 Å². The predicted molar refractivity (Wildman–Crippen MR) is 92.2 cm³/mol. The van der Waals surface area contributed by atoms with Gasteiger partial charge in [-0.1, -0.05) is 6.07 Å². The van der Waals surface area contributed by atoms with E-state index in [0.29, 0.717) is 25.9 Å². The molecule has 3 rings (SSSR count). The van der Waals surface area contributed by atoms with Crippen molar-refractivity contribution in [3.05, 3.63) is 53.9 Å². The van der Waals surface area contributed by atoms with E-state index in [1.165, 1.54) is 0 Å². The molecule has 1 N–H and O–H groups in total. The lowest BCUT2D eigenvalue weighted by atomic mass is 10.0. The van der Waals surface area contributed by atoms with Gasteiger partial charge in [0.25, 0.3) is 0 Å². The number of pyridine rings is 1. The maximum atomic E-state index is 11.7. The van der Waals surface area contributed by atoms with Gasteiger partial charge < -0.3 is 14.8 Å². The molecule has 1 aromatic heterocycles. The minimum Gasteiger partial charge on any atom is -0.494 e. The number of esters is 1. The zero-order valence-electron chi connectivity index (χ0n) is 13.9. The molecule has 130 valence electrons. The molecule has 0 radical (unpaired) electrons. The van der Waals surface area contributed by atoms with Crippen LogP contribution in [0.5, 0.6) is 5.75 Å². The Labute approximate surface area is 146 Å². The maximum absolute atomic E-state index is 11.7. The molecule has 1 amide bonds. The van der Waals surface area contributed by atoms with E-state index >= 15 is 0 Å². The number of ether oxygens (including phenoxy) is 2. The summed E-state index contributed by atoms with van der Waals surface area (Å²) >= 11 is 0. The van der Waals surface area contributed by atoms with Gasteiger partial charge in [-0.05, 0) is 42.7 Å². The molecule has 0 fully saturated rings. The van der Waals surface area contributed by atoms with Crippen LogP contribution >= 0.6 is 0 Å². The van der Waals surface area contributed by atoms with Gasteiger partial charge in [0.2, 0.25) is 5.91 Å². The average Bonchev–Trinajstić information content (AvgIpc) is 2.64. The van der Waals surface area contributed by atoms with Gasteiger partial charge in [-0.2, -0.15) is 0 Å². The minimum absolute atomic E-state index is 0.0472. The lowest BCUT2D eigenvalue weighted by molar-refractivity contribution is -0.145. The molecule has 1 aliphatic heterocycles. The molecule has 0 aliphatic carbocycles. The van der Waals surface area contributed by atoms with Crippen LogP contribution in [0.2, 0.25) is 0 Å². The molecule has 6 nitrogen and oxygen atoms in total. The first-order valence-electron chi connectivity index (χ1n) is 8.31. The van der Waals surface area contributed by atoms with Crippen molar-refractivity contribution in [2.75, 3.05) is 11.9 Å². The fraction of sp³-hybridized carbons (Fsp3) is 0.316. The number of fused-ring (bicyclic) bond motifs is 1. The Morgan fingerprint density at radius 3 is 3.00 bits per heavy atom. The number of carbonyl (C=O) groups is 2. The summed E-state index contributed by atoms with van der Waals surface area (Å²) in [6, 6.07) is 9.29. The number of hydrogen-bond acceptors (Lipinski definition) is 5. The third kappa shape index (κ3) is 5.04. The summed E-state index contributed by atoms with van der Waals surface area (Å²) in [6.45, 7) is 0.678. The summed E-state index contributed by atoms with van der Waals surface area (Å²) in [5.74, 6) is 0.546. The number of rotatable bonds is 7. The van der Waals surface area contributed by atoms with E-state index < -0.39 is 0 Å². The second kappa shape index (κ2) is 8.28. The fourth-order valence-electron chi connectivity index (χ4n) is 2.58. The zero-order valence-corrected chi connectivity index (χ0v) is 13.9. The number of amides is 1. The molecule has 6 heteroatoms. The Bertz CT molecular complexity index is 746. The Morgan fingerprint density at radius 2 is 2.16 bits per heavy atom. The Morgan fingerprint density at radius 1 is 1.24 bits per heavy atom. The van der Waals surface area contributed by atoms with Crippen LogP contribution in [-0.4, -0.2) is 23.5 Å². The fourth-order valence-corrected chi connectivity index (χ4v) is 2.58. The van der Waals surface area contributed by atoms with Crippen LogP contribution in [0.1, 0.15) is 30.4 Å². The molecule has 0 atom stereocenters. The lowest BCUT2D eigenvalue weighted by Gasteiger charge is -2.17. The molecule has 0 bridgehead atoms. The smallest absolute Gasteiger partial charge is 0.306 e. The van der Waals surface area contributed by atoms with Crippen LogP contribution in [0.25, 0.3) is 0 Å². The largest absolute Gasteiger partial charge is 0.494 e. The Kier molecular flexibility index (Phi) is 5.61. The maximum Gasteiger partial charge on any atom is 0.306 e. The predicted octanol–water partition coefficient (Wildman–Crippen LogP) is 2.87. The number of aromatic nitrogens is 1. The number of carbonyl (C=O) groups excluding carboxylic acids is 2. The van der Waals surface area contributed by atoms with Crippen LogP contribution in [-0.2, 0) is 27.4 Å². The lowest BCUT2D eigenvalue weighted by Crippen LogP contribution is -2.18. The van der Waals surface area contributed by atoms with Crippen molar-refractivity contribution in [2.24, 2.45) is 0 Å². The number of hydrogen-bond donors (Lipinski definition) is 1. The van der Waals surface area contributed by atoms with Gasteiger partial charge in [0.05, 0.1) is 6.61 Å². The van der Waals surface area contributed by atoms with E-state index in [1.54, 1.807) is 18.5 Å². The van der Waals surface area contributed by atoms with E-state index in [9.17, 15) is 9.59 Å². The summed E-state index contributed by atoms with van der Waals surface area (Å²) < 4.78 is 10.9. The molecule has 2 heterocycles. The number of nitrogens with one attached hydrogen (secondary N) is 1. The van der Waals surface area contributed by atoms with Crippen molar-refractivity contribution in [3.63, 3.8) is 0 Å². The highest BCUT2D eigenvalue weighted by Crippen LogP contribution is 2.26. The highest BCUT2D eigenvalue weighted by Gasteiger charge is 2.15. The second-order valence-electron chi connectivity index (χ2n) is 5.84. The van der Waals surface area contributed by atoms with Gasteiger partial charge in [0.1, 0.15) is 12.4 Å². The third-order valence-corrected chi connectivity index (χ3v) is 3.89. The van der Waals surface area contributed by atoms with Gasteiger partial charge >= 0.3 is 5.97 Å². The molecular weight excluding hydrogens is 320 g/mol. The van der Waals surface area contributed by atoms with Crippen molar-refractivity contribution in [3.8, 4) is 5.75 Å². The minimum atomic E-state index is -0.249. The van der Waals surface area contributed by atoms with Gasteiger partial charge in [-0.25, -0.2) is 0 Å². The molecule has 1 aromatic carbocycles. The number of benzene rings is 1. The number of nitrogens with zero attached hydrogens (tertiary/aromatic N) is 1. The van der Waals surface area contributed by atoms with E-state index in [2.05, 4.69) is 10.3 Å². The van der Waals surface area contributed by atoms with Gasteiger partial charge in [0.15, 0.2) is 0 Å². The molecule has 0 saturated heterocycles. The summed E-state index contributed by atoms with van der Waals surface area (Å²) in [5, 5.41) is 2.84. The topological polar surface area (TPSA) is 77.5 Å². The monoisotopic (exact) mass is 340 g/mol. The quantitative estimate of drug-likeness (QED) is 0.619. The summed E-state index contributed by atoms with van der Waals surface area (Å²) in [5.41, 5.74) is 2.80. The molecule has 0 spiro atoms. The Balaban J connectivity index is 1.37. The molecule has 2 aromatic rings. The van der Waals surface area contributed by atoms with E-state index in [-0.39, 0.29) is 18.5 Å². The van der Waals surface area contributed by atoms with Crippen molar-refractivity contribution >= 4 is 17.6 Å². The summed E-state index contributed by atoms with van der Waals surface area (Å²) in [4.78, 5) is 27.0. The summed E-state index contributed by atoms with van der Waals surface area (Å²) in [7, 11) is 0. The average molecular weight is 340 g/mol. The highest BCUT2D eigenvalue weighted by atomic mass is 16.5. The number of aryl methyl sites for hydroxylation is 1. The van der Waals surface area contributed by atoms with E-state index in [0.717, 1.165) is 29.0 Å². The molecule has 0 saturated carbocycles. The van der Waals surface area contributed by atoms with E-state index in [1.807, 2.05) is 24.3 Å². The summed E-state index contributed by atoms with van der Waals surface area (Å²) in [6.07, 6.45) is 5.46. The van der Waals surface area contributed by atoms with Crippen molar-refractivity contribution in [1.29, 1.82) is 0 Å². The van der Waals surface area contributed by atoms with Crippen LogP contribution in [0.15, 0.2) is 42.7 Å².